The Bertz CT molecular complexity index is 586. The van der Waals surface area contributed by atoms with Gasteiger partial charge in [-0.05, 0) is 56.4 Å². The van der Waals surface area contributed by atoms with Crippen molar-refractivity contribution in [2.75, 3.05) is 20.1 Å². The van der Waals surface area contributed by atoms with Crippen LogP contribution in [0.1, 0.15) is 41.7 Å². The molecule has 2 aromatic heterocycles. The first-order valence-corrected chi connectivity index (χ1v) is 9.02. The Morgan fingerprint density at radius 2 is 2.09 bits per heavy atom. The first-order valence-electron chi connectivity index (χ1n) is 8.14. The van der Waals surface area contributed by atoms with E-state index in [0.717, 1.165) is 37.5 Å². The molecule has 0 spiro atoms. The van der Waals surface area contributed by atoms with E-state index in [1.165, 1.54) is 36.4 Å². The second kappa shape index (κ2) is 7.40. The lowest BCUT2D eigenvalue weighted by atomic mass is 10.2. The number of rotatable bonds is 7. The summed E-state index contributed by atoms with van der Waals surface area (Å²) in [4.78, 5) is 6.26. The van der Waals surface area contributed by atoms with Gasteiger partial charge in [-0.1, -0.05) is 12.1 Å². The number of hydrogen-bond acceptors (Lipinski definition) is 5. The molecule has 3 rings (SSSR count). The van der Waals surface area contributed by atoms with Gasteiger partial charge in [0.05, 0.1) is 12.2 Å². The highest BCUT2D eigenvalue weighted by Gasteiger charge is 2.13. The number of aromatic nitrogens is 1. The van der Waals surface area contributed by atoms with Crippen molar-refractivity contribution in [3.05, 3.63) is 39.4 Å². The molecule has 1 aliphatic heterocycles. The molecule has 0 N–H and O–H groups in total. The maximum absolute atomic E-state index is 5.36. The van der Waals surface area contributed by atoms with Gasteiger partial charge in [-0.15, -0.1) is 11.3 Å². The molecule has 22 heavy (non-hydrogen) atoms. The number of thiophene rings is 1. The van der Waals surface area contributed by atoms with E-state index < -0.39 is 0 Å². The normalized spacial score (nSPS) is 16.0. The molecule has 0 unspecified atom stereocenters. The Balaban J connectivity index is 1.50. The average molecular weight is 319 g/mol. The van der Waals surface area contributed by atoms with Gasteiger partial charge in [0.2, 0.25) is 0 Å². The molecule has 0 radical (unpaired) electrons. The van der Waals surface area contributed by atoms with E-state index in [1.807, 2.05) is 11.3 Å². The largest absolute Gasteiger partial charge is 0.360 e. The Hall–Kier alpha value is -1.17. The molecule has 4 nitrogen and oxygen atoms in total. The highest BCUT2D eigenvalue weighted by Crippen LogP contribution is 2.20. The molecule has 0 amide bonds. The predicted molar refractivity (Wildman–Crippen MR) is 89.9 cm³/mol. The van der Waals surface area contributed by atoms with Crippen LogP contribution >= 0.6 is 11.3 Å². The quantitative estimate of drug-likeness (QED) is 0.781. The van der Waals surface area contributed by atoms with Crippen molar-refractivity contribution in [2.45, 2.75) is 45.8 Å². The molecule has 2 aromatic rings. The third kappa shape index (κ3) is 4.18. The lowest BCUT2D eigenvalue weighted by molar-refractivity contribution is 0.267. The van der Waals surface area contributed by atoms with Gasteiger partial charge in [0.15, 0.2) is 5.76 Å². The lowest BCUT2D eigenvalue weighted by Gasteiger charge is -2.14. The third-order valence-electron chi connectivity index (χ3n) is 4.13. The molecule has 3 heterocycles. The fraction of sp³-hybridized carbons (Fsp3) is 0.588. The summed E-state index contributed by atoms with van der Waals surface area (Å²) >= 11 is 1.87. The number of hydrogen-bond donors (Lipinski definition) is 0. The smallest absolute Gasteiger partial charge is 0.150 e. The summed E-state index contributed by atoms with van der Waals surface area (Å²) in [5.74, 6) is 0.952. The molecule has 0 saturated carbocycles. The highest BCUT2D eigenvalue weighted by molar-refractivity contribution is 7.10. The Morgan fingerprint density at radius 3 is 2.82 bits per heavy atom. The molecular weight excluding hydrogens is 294 g/mol. The van der Waals surface area contributed by atoms with Gasteiger partial charge in [0.25, 0.3) is 0 Å². The topological polar surface area (TPSA) is 32.5 Å². The molecule has 1 fully saturated rings. The molecule has 0 aromatic carbocycles. The standard InChI is InChI=1S/C17H25N3OS/c1-3-15-9-16(21-18-15)11-19(2)12-17-8-14(13-22-17)10-20-6-4-5-7-20/h8-9,13H,3-7,10-12H2,1-2H3. The summed E-state index contributed by atoms with van der Waals surface area (Å²) in [5.41, 5.74) is 2.50. The second-order valence-electron chi connectivity index (χ2n) is 6.21. The predicted octanol–water partition coefficient (Wildman–Crippen LogP) is 3.53. The van der Waals surface area contributed by atoms with Crippen LogP contribution in [0.15, 0.2) is 22.0 Å². The summed E-state index contributed by atoms with van der Waals surface area (Å²) in [6.07, 6.45) is 3.64. The van der Waals surface area contributed by atoms with Crippen molar-refractivity contribution >= 4 is 11.3 Å². The van der Waals surface area contributed by atoms with E-state index in [9.17, 15) is 0 Å². The molecule has 120 valence electrons. The minimum absolute atomic E-state index is 0.812. The molecule has 0 atom stereocenters. The molecule has 0 bridgehead atoms. The van der Waals surface area contributed by atoms with Gasteiger partial charge in [-0.25, -0.2) is 0 Å². The van der Waals surface area contributed by atoms with E-state index in [0.29, 0.717) is 0 Å². The van der Waals surface area contributed by atoms with Crippen molar-refractivity contribution in [3.8, 4) is 0 Å². The second-order valence-corrected chi connectivity index (χ2v) is 7.21. The SMILES string of the molecule is CCc1cc(CN(C)Cc2cc(CN3CCCC3)cs2)on1. The summed E-state index contributed by atoms with van der Waals surface area (Å²) in [6.45, 7) is 7.51. The fourth-order valence-corrected chi connectivity index (χ4v) is 3.94. The average Bonchev–Trinajstić information content (AvgIpc) is 3.22. The number of nitrogens with zero attached hydrogens (tertiary/aromatic N) is 3. The minimum atomic E-state index is 0.812. The Kier molecular flexibility index (Phi) is 5.28. The van der Waals surface area contributed by atoms with Crippen LogP contribution in [0.2, 0.25) is 0 Å². The summed E-state index contributed by atoms with van der Waals surface area (Å²) in [5, 5.41) is 6.36. The summed E-state index contributed by atoms with van der Waals surface area (Å²) < 4.78 is 5.36. The van der Waals surface area contributed by atoms with Gasteiger partial charge in [0, 0.05) is 24.0 Å². The summed E-state index contributed by atoms with van der Waals surface area (Å²) in [6, 6.07) is 4.42. The third-order valence-corrected chi connectivity index (χ3v) is 5.10. The van der Waals surface area contributed by atoms with Crippen LogP contribution in [0.25, 0.3) is 0 Å². The van der Waals surface area contributed by atoms with Gasteiger partial charge >= 0.3 is 0 Å². The van der Waals surface area contributed by atoms with Crippen LogP contribution in [0, 0.1) is 0 Å². The first kappa shape index (κ1) is 15.7. The van der Waals surface area contributed by atoms with Crippen LogP contribution in [0.3, 0.4) is 0 Å². The lowest BCUT2D eigenvalue weighted by Crippen LogP contribution is -2.18. The molecule has 5 heteroatoms. The van der Waals surface area contributed by atoms with Gasteiger partial charge < -0.3 is 4.52 Å². The van der Waals surface area contributed by atoms with Gasteiger partial charge in [-0.2, -0.15) is 0 Å². The van der Waals surface area contributed by atoms with Crippen molar-refractivity contribution in [2.24, 2.45) is 0 Å². The van der Waals surface area contributed by atoms with E-state index in [2.05, 4.69) is 46.4 Å². The van der Waals surface area contributed by atoms with E-state index in [-0.39, 0.29) is 0 Å². The van der Waals surface area contributed by atoms with Crippen molar-refractivity contribution in [1.82, 2.24) is 15.0 Å². The maximum Gasteiger partial charge on any atom is 0.150 e. The Labute approximate surface area is 136 Å². The van der Waals surface area contributed by atoms with Crippen LogP contribution in [0.4, 0.5) is 0 Å². The zero-order valence-corrected chi connectivity index (χ0v) is 14.4. The monoisotopic (exact) mass is 319 g/mol. The van der Waals surface area contributed by atoms with Crippen LogP contribution in [0.5, 0.6) is 0 Å². The van der Waals surface area contributed by atoms with E-state index in [4.69, 9.17) is 4.52 Å². The fourth-order valence-electron chi connectivity index (χ4n) is 2.98. The van der Waals surface area contributed by atoms with Crippen LogP contribution < -0.4 is 0 Å². The molecule has 1 aliphatic rings. The van der Waals surface area contributed by atoms with Crippen molar-refractivity contribution in [3.63, 3.8) is 0 Å². The van der Waals surface area contributed by atoms with E-state index >= 15 is 0 Å². The first-order chi connectivity index (χ1) is 10.7. The highest BCUT2D eigenvalue weighted by atomic mass is 32.1. The summed E-state index contributed by atoms with van der Waals surface area (Å²) in [7, 11) is 2.13. The van der Waals surface area contributed by atoms with Crippen LogP contribution in [-0.4, -0.2) is 35.1 Å². The van der Waals surface area contributed by atoms with Crippen molar-refractivity contribution < 1.29 is 4.52 Å². The Morgan fingerprint density at radius 1 is 1.27 bits per heavy atom. The zero-order valence-electron chi connectivity index (χ0n) is 13.5. The molecule has 1 saturated heterocycles. The maximum atomic E-state index is 5.36. The zero-order chi connectivity index (χ0) is 15.4. The molecular formula is C17H25N3OS. The van der Waals surface area contributed by atoms with Crippen molar-refractivity contribution in [1.29, 1.82) is 0 Å². The van der Waals surface area contributed by atoms with Gasteiger partial charge in [-0.3, -0.25) is 9.80 Å². The van der Waals surface area contributed by atoms with Crippen LogP contribution in [-0.2, 0) is 26.1 Å². The van der Waals surface area contributed by atoms with E-state index in [1.54, 1.807) is 0 Å². The number of likely N-dealkylation sites (tertiary alicyclic amines) is 1. The minimum Gasteiger partial charge on any atom is -0.360 e. The number of aryl methyl sites for hydroxylation is 1. The van der Waals surface area contributed by atoms with Gasteiger partial charge in [0.1, 0.15) is 0 Å². The molecule has 0 aliphatic carbocycles.